The molecule has 0 aliphatic carbocycles. The summed E-state index contributed by atoms with van der Waals surface area (Å²) in [6.45, 7) is 1.88. The Bertz CT molecular complexity index is 1740. The van der Waals surface area contributed by atoms with E-state index in [-0.39, 0.29) is 23.6 Å². The molecule has 0 saturated heterocycles. The monoisotopic (exact) mass is 544 g/mol. The molecule has 0 saturated carbocycles. The van der Waals surface area contributed by atoms with Gasteiger partial charge in [0.1, 0.15) is 5.82 Å². The largest absolute Gasteiger partial charge is 0.493 e. The third-order valence-corrected chi connectivity index (χ3v) is 7.25. The minimum absolute atomic E-state index is 0.151. The van der Waals surface area contributed by atoms with Crippen molar-refractivity contribution >= 4 is 29.1 Å². The Morgan fingerprint density at radius 1 is 1.03 bits per heavy atom. The maximum atomic E-state index is 13.9. The molecule has 39 heavy (non-hydrogen) atoms. The Labute approximate surface area is 227 Å². The van der Waals surface area contributed by atoms with E-state index in [1.165, 1.54) is 42.3 Å². The average Bonchev–Trinajstić information content (AvgIpc) is 3.27. The van der Waals surface area contributed by atoms with Gasteiger partial charge in [-0.2, -0.15) is 0 Å². The molecule has 4 aromatic rings. The van der Waals surface area contributed by atoms with Gasteiger partial charge in [0.15, 0.2) is 16.3 Å². The van der Waals surface area contributed by atoms with Crippen LogP contribution in [0.15, 0.2) is 88.2 Å². The molecule has 2 heterocycles. The second kappa shape index (κ2) is 11.1. The first-order chi connectivity index (χ1) is 18.9. The highest BCUT2D eigenvalue weighted by Crippen LogP contribution is 2.38. The fourth-order valence-electron chi connectivity index (χ4n) is 4.49. The molecule has 1 aromatic heterocycles. The first-order valence-corrected chi connectivity index (χ1v) is 13.0. The van der Waals surface area contributed by atoms with E-state index in [0.717, 1.165) is 0 Å². The van der Waals surface area contributed by atoms with E-state index in [1.54, 1.807) is 43.3 Å². The number of fused-ring (bicyclic) bond motifs is 1. The van der Waals surface area contributed by atoms with E-state index in [2.05, 4.69) is 0 Å². The zero-order chi connectivity index (χ0) is 27.5. The molecule has 0 spiro atoms. The number of ether oxygens (including phenoxy) is 3. The van der Waals surface area contributed by atoms with Crippen LogP contribution < -0.4 is 24.4 Å². The van der Waals surface area contributed by atoms with E-state index >= 15 is 0 Å². The maximum Gasteiger partial charge on any atom is 0.338 e. The lowest BCUT2D eigenvalue weighted by atomic mass is 9.93. The Hall–Kier alpha value is -4.50. The van der Waals surface area contributed by atoms with Crippen molar-refractivity contribution in [3.63, 3.8) is 0 Å². The van der Waals surface area contributed by atoms with Crippen molar-refractivity contribution in [2.24, 2.45) is 4.99 Å². The molecule has 5 rings (SSSR count). The molecule has 0 radical (unpaired) electrons. The summed E-state index contributed by atoms with van der Waals surface area (Å²) in [5.41, 5.74) is 2.31. The van der Waals surface area contributed by atoms with E-state index in [1.807, 2.05) is 30.3 Å². The normalized spacial score (nSPS) is 15.0. The average molecular weight is 545 g/mol. The number of halogens is 1. The second-order valence-corrected chi connectivity index (χ2v) is 9.61. The predicted octanol–water partition coefficient (Wildman–Crippen LogP) is 4.09. The van der Waals surface area contributed by atoms with Gasteiger partial charge < -0.3 is 14.2 Å². The smallest absolute Gasteiger partial charge is 0.338 e. The summed E-state index contributed by atoms with van der Waals surface area (Å²) >= 11 is 1.19. The van der Waals surface area contributed by atoms with Crippen molar-refractivity contribution < 1.29 is 23.4 Å². The van der Waals surface area contributed by atoms with Gasteiger partial charge in [-0.25, -0.2) is 14.2 Å². The number of thiazole rings is 1. The van der Waals surface area contributed by atoms with E-state index in [9.17, 15) is 14.0 Å². The van der Waals surface area contributed by atoms with Crippen molar-refractivity contribution in [1.82, 2.24) is 4.57 Å². The Balaban J connectivity index is 1.84. The number of hydrogen-bond acceptors (Lipinski definition) is 7. The third-order valence-electron chi connectivity index (χ3n) is 6.26. The molecule has 0 unspecified atom stereocenters. The number of hydrogen-bond donors (Lipinski definition) is 0. The lowest BCUT2D eigenvalue weighted by Crippen LogP contribution is -2.40. The second-order valence-electron chi connectivity index (χ2n) is 8.60. The van der Waals surface area contributed by atoms with Gasteiger partial charge in [0, 0.05) is 5.56 Å². The van der Waals surface area contributed by atoms with E-state index in [0.29, 0.717) is 43.2 Å². The Morgan fingerprint density at radius 2 is 1.74 bits per heavy atom. The van der Waals surface area contributed by atoms with Gasteiger partial charge in [0.2, 0.25) is 0 Å². The number of esters is 1. The number of carbonyl (C=O) groups is 1. The van der Waals surface area contributed by atoms with Crippen molar-refractivity contribution in [1.29, 1.82) is 0 Å². The zero-order valence-corrected chi connectivity index (χ0v) is 22.3. The van der Waals surface area contributed by atoms with Gasteiger partial charge in [0.25, 0.3) is 5.56 Å². The van der Waals surface area contributed by atoms with Crippen LogP contribution in [0.4, 0.5) is 4.39 Å². The molecule has 198 valence electrons. The van der Waals surface area contributed by atoms with Crippen LogP contribution in [0.5, 0.6) is 11.5 Å². The van der Waals surface area contributed by atoms with Gasteiger partial charge in [-0.05, 0) is 48.4 Å². The van der Waals surface area contributed by atoms with Crippen LogP contribution in [-0.2, 0) is 9.53 Å². The van der Waals surface area contributed by atoms with Gasteiger partial charge in [0.05, 0.1) is 42.7 Å². The Kier molecular flexibility index (Phi) is 7.42. The summed E-state index contributed by atoms with van der Waals surface area (Å²) in [5, 5.41) is 0. The van der Waals surface area contributed by atoms with E-state index in [4.69, 9.17) is 19.2 Å². The number of methoxy groups -OCH3 is 2. The zero-order valence-electron chi connectivity index (χ0n) is 21.5. The highest BCUT2D eigenvalue weighted by atomic mass is 32.1. The molecule has 0 amide bonds. The van der Waals surface area contributed by atoms with Gasteiger partial charge in [-0.3, -0.25) is 9.36 Å². The summed E-state index contributed by atoms with van der Waals surface area (Å²) < 4.78 is 31.8. The Morgan fingerprint density at radius 3 is 2.41 bits per heavy atom. The first-order valence-electron chi connectivity index (χ1n) is 12.2. The summed E-state index contributed by atoms with van der Waals surface area (Å²) in [6.07, 6.45) is 1.69. The molecule has 0 fully saturated rings. The number of benzene rings is 3. The van der Waals surface area contributed by atoms with E-state index < -0.39 is 12.0 Å². The van der Waals surface area contributed by atoms with Gasteiger partial charge >= 0.3 is 5.97 Å². The highest BCUT2D eigenvalue weighted by Gasteiger charge is 2.35. The maximum absolute atomic E-state index is 13.9. The molecule has 0 bridgehead atoms. The lowest BCUT2D eigenvalue weighted by Gasteiger charge is -2.26. The predicted molar refractivity (Wildman–Crippen MR) is 147 cm³/mol. The van der Waals surface area contributed by atoms with Crippen LogP contribution in [0, 0.1) is 5.82 Å². The molecule has 1 aliphatic rings. The number of rotatable bonds is 7. The SMILES string of the molecule is CCOC(=O)C1=C(c2ccccc2)N=c2s/c(=C\c3ccc(F)cc3)c(=O)n2[C@H]1c1ccc(OC)c(OC)c1. The van der Waals surface area contributed by atoms with Gasteiger partial charge in [-0.1, -0.05) is 59.9 Å². The molecule has 1 aliphatic heterocycles. The minimum Gasteiger partial charge on any atom is -0.493 e. The molecule has 3 aromatic carbocycles. The van der Waals surface area contributed by atoms with Crippen LogP contribution in [0.2, 0.25) is 0 Å². The third kappa shape index (κ3) is 5.00. The summed E-state index contributed by atoms with van der Waals surface area (Å²) in [6, 6.07) is 19.6. The minimum atomic E-state index is -0.856. The van der Waals surface area contributed by atoms with Gasteiger partial charge in [-0.15, -0.1) is 0 Å². The topological polar surface area (TPSA) is 79.1 Å². The van der Waals surface area contributed by atoms with Crippen molar-refractivity contribution in [3.05, 3.63) is 121 Å². The first kappa shape index (κ1) is 26.1. The molecule has 0 N–H and O–H groups in total. The number of carbonyl (C=O) groups excluding carboxylic acids is 1. The fraction of sp³-hybridized carbons (Fsp3) is 0.167. The molecular weight excluding hydrogens is 519 g/mol. The summed E-state index contributed by atoms with van der Waals surface area (Å²) in [7, 11) is 3.06. The lowest BCUT2D eigenvalue weighted by molar-refractivity contribution is -0.138. The fourth-order valence-corrected chi connectivity index (χ4v) is 5.49. The van der Waals surface area contributed by atoms with Crippen LogP contribution in [-0.4, -0.2) is 31.4 Å². The molecular formula is C30H25FN2O5S. The van der Waals surface area contributed by atoms with Crippen molar-refractivity contribution in [2.75, 3.05) is 20.8 Å². The number of aromatic nitrogens is 1. The summed E-state index contributed by atoms with van der Waals surface area (Å²) in [5.74, 6) is 0.0150. The summed E-state index contributed by atoms with van der Waals surface area (Å²) in [4.78, 5) is 32.7. The molecule has 1 atom stereocenters. The molecule has 9 heteroatoms. The standard InChI is InChI=1S/C30H25FN2O5S/c1-4-38-29(35)25-26(19-8-6-5-7-9-19)32-30-33(27(25)20-12-15-22(36-2)23(17-20)37-3)28(34)24(39-30)16-18-10-13-21(31)14-11-18/h5-17,27H,4H2,1-3H3/b24-16-/t27-/m0/s1. The quantitative estimate of drug-likeness (QED) is 0.328. The van der Waals surface area contributed by atoms with Crippen molar-refractivity contribution in [2.45, 2.75) is 13.0 Å². The van der Waals surface area contributed by atoms with Crippen LogP contribution in [0.25, 0.3) is 11.8 Å². The van der Waals surface area contributed by atoms with Crippen LogP contribution in [0.3, 0.4) is 0 Å². The van der Waals surface area contributed by atoms with Crippen LogP contribution >= 0.6 is 11.3 Å². The highest BCUT2D eigenvalue weighted by molar-refractivity contribution is 7.07. The van der Waals surface area contributed by atoms with Crippen LogP contribution in [0.1, 0.15) is 29.7 Å². The molecule has 7 nitrogen and oxygen atoms in total. The van der Waals surface area contributed by atoms with Crippen molar-refractivity contribution in [3.8, 4) is 11.5 Å². The number of nitrogens with zero attached hydrogens (tertiary/aromatic N) is 2.